The summed E-state index contributed by atoms with van der Waals surface area (Å²) in [6.45, 7) is -0.00294. The lowest BCUT2D eigenvalue weighted by Crippen LogP contribution is -2.58. The molecule has 1 heterocycles. The van der Waals surface area contributed by atoms with Gasteiger partial charge in [0.15, 0.2) is 6.10 Å². The molecule has 96 valence electrons. The number of hydrogen-bond donors (Lipinski definition) is 0. The predicted molar refractivity (Wildman–Crippen MR) is 56.3 cm³/mol. The summed E-state index contributed by atoms with van der Waals surface area (Å²) in [5.74, 6) is -0.550. The average molecular weight is 245 g/mol. The van der Waals surface area contributed by atoms with Crippen molar-refractivity contribution in [1.29, 1.82) is 0 Å². The second kappa shape index (κ2) is 6.41. The smallest absolute Gasteiger partial charge is 0.338 e. The Balaban J connectivity index is 2.88. The molecule has 0 unspecified atom stereocenters. The van der Waals surface area contributed by atoms with Crippen molar-refractivity contribution < 1.29 is 23.7 Å². The first-order valence-electron chi connectivity index (χ1n) is 4.99. The fourth-order valence-electron chi connectivity index (χ4n) is 1.83. The Morgan fingerprint density at radius 1 is 1.29 bits per heavy atom. The molecule has 8 heteroatoms. The van der Waals surface area contributed by atoms with E-state index in [1.54, 1.807) is 0 Å². The van der Waals surface area contributed by atoms with Gasteiger partial charge in [-0.3, -0.25) is 0 Å². The number of carbonyl (C=O) groups excluding carboxylic acids is 1. The molecule has 17 heavy (non-hydrogen) atoms. The maximum Gasteiger partial charge on any atom is 0.338 e. The number of ether oxygens (including phenoxy) is 4. The molecule has 4 atom stereocenters. The number of hydrogen-bond acceptors (Lipinski definition) is 6. The topological polar surface area (TPSA) is 103 Å². The second-order valence-corrected chi connectivity index (χ2v) is 3.45. The van der Waals surface area contributed by atoms with Crippen molar-refractivity contribution in [1.82, 2.24) is 0 Å². The maximum absolute atomic E-state index is 11.6. The van der Waals surface area contributed by atoms with Crippen LogP contribution in [0.1, 0.15) is 0 Å². The predicted octanol–water partition coefficient (Wildman–Crippen LogP) is 0.267. The summed E-state index contributed by atoms with van der Waals surface area (Å²) in [5.41, 5.74) is 8.26. The van der Waals surface area contributed by atoms with Gasteiger partial charge in [-0.1, -0.05) is 5.11 Å². The van der Waals surface area contributed by atoms with E-state index in [1.807, 2.05) is 0 Å². The summed E-state index contributed by atoms with van der Waals surface area (Å²) in [5, 5.41) is 3.37. The number of azide groups is 1. The number of cyclic esters (lactones) is 1. The highest BCUT2D eigenvalue weighted by molar-refractivity contribution is 5.77. The SMILES string of the molecule is CO[C@@H]1[C@H](OC)[C@@H](OC)C(=O)O[C@@H]1CN=[N+]=[N-]. The summed E-state index contributed by atoms with van der Waals surface area (Å²) in [4.78, 5) is 14.2. The molecule has 0 amide bonds. The van der Waals surface area contributed by atoms with Gasteiger partial charge in [0.25, 0.3) is 0 Å². The van der Waals surface area contributed by atoms with Crippen molar-refractivity contribution in [3.8, 4) is 0 Å². The van der Waals surface area contributed by atoms with Crippen molar-refractivity contribution >= 4 is 5.97 Å². The third kappa shape index (κ3) is 2.86. The van der Waals surface area contributed by atoms with E-state index in [0.29, 0.717) is 0 Å². The lowest BCUT2D eigenvalue weighted by atomic mass is 9.99. The molecule has 0 aromatic rings. The van der Waals surface area contributed by atoms with Gasteiger partial charge < -0.3 is 18.9 Å². The van der Waals surface area contributed by atoms with Gasteiger partial charge in [-0.15, -0.1) is 0 Å². The van der Waals surface area contributed by atoms with E-state index < -0.39 is 30.4 Å². The molecule has 0 saturated carbocycles. The van der Waals surface area contributed by atoms with Crippen LogP contribution in [-0.2, 0) is 23.7 Å². The molecule has 1 fully saturated rings. The number of methoxy groups -OCH3 is 3. The Morgan fingerprint density at radius 2 is 1.94 bits per heavy atom. The van der Waals surface area contributed by atoms with E-state index in [4.69, 9.17) is 24.5 Å². The van der Waals surface area contributed by atoms with Gasteiger partial charge in [0.2, 0.25) is 0 Å². The lowest BCUT2D eigenvalue weighted by molar-refractivity contribution is -0.213. The maximum atomic E-state index is 11.6. The zero-order chi connectivity index (χ0) is 12.8. The van der Waals surface area contributed by atoms with Crippen molar-refractivity contribution in [2.75, 3.05) is 27.9 Å². The highest BCUT2D eigenvalue weighted by Crippen LogP contribution is 2.23. The summed E-state index contributed by atoms with van der Waals surface area (Å²) in [6, 6.07) is 0. The fraction of sp³-hybridized carbons (Fsp3) is 0.889. The van der Waals surface area contributed by atoms with Crippen LogP contribution in [0.15, 0.2) is 5.11 Å². The lowest BCUT2D eigenvalue weighted by Gasteiger charge is -2.38. The summed E-state index contributed by atoms with van der Waals surface area (Å²) in [7, 11) is 4.30. The molecule has 1 aliphatic rings. The van der Waals surface area contributed by atoms with Gasteiger partial charge >= 0.3 is 5.97 Å². The van der Waals surface area contributed by atoms with Gasteiger partial charge in [-0.2, -0.15) is 0 Å². The molecule has 0 N–H and O–H groups in total. The van der Waals surface area contributed by atoms with E-state index in [9.17, 15) is 4.79 Å². The minimum atomic E-state index is -0.840. The molecule has 0 aliphatic carbocycles. The first-order valence-corrected chi connectivity index (χ1v) is 4.99. The summed E-state index contributed by atoms with van der Waals surface area (Å²) >= 11 is 0. The van der Waals surface area contributed by atoms with Gasteiger partial charge in [-0.05, 0) is 5.53 Å². The van der Waals surface area contributed by atoms with Crippen LogP contribution in [0.2, 0.25) is 0 Å². The Morgan fingerprint density at radius 3 is 2.41 bits per heavy atom. The highest BCUT2D eigenvalue weighted by atomic mass is 16.6. The molecule has 1 saturated heterocycles. The van der Waals surface area contributed by atoms with Crippen LogP contribution in [0.4, 0.5) is 0 Å². The Kier molecular flexibility index (Phi) is 5.17. The third-order valence-electron chi connectivity index (χ3n) is 2.61. The van der Waals surface area contributed by atoms with E-state index in [0.717, 1.165) is 0 Å². The van der Waals surface area contributed by atoms with E-state index in [1.165, 1.54) is 21.3 Å². The largest absolute Gasteiger partial charge is 0.457 e. The van der Waals surface area contributed by atoms with Crippen LogP contribution in [0.3, 0.4) is 0 Å². The van der Waals surface area contributed by atoms with E-state index >= 15 is 0 Å². The van der Waals surface area contributed by atoms with Crippen LogP contribution in [0, 0.1) is 0 Å². The van der Waals surface area contributed by atoms with Crippen molar-refractivity contribution in [3.63, 3.8) is 0 Å². The Bertz CT molecular complexity index is 318. The molecule has 0 bridgehead atoms. The highest BCUT2D eigenvalue weighted by Gasteiger charge is 2.46. The van der Waals surface area contributed by atoms with Gasteiger partial charge in [0.1, 0.15) is 18.3 Å². The summed E-state index contributed by atoms with van der Waals surface area (Å²) in [6.07, 6.45) is -2.63. The first-order chi connectivity index (χ1) is 8.19. The number of esters is 1. The van der Waals surface area contributed by atoms with Crippen molar-refractivity contribution in [2.24, 2.45) is 5.11 Å². The number of nitrogens with zero attached hydrogens (tertiary/aromatic N) is 3. The molecule has 0 aromatic carbocycles. The third-order valence-corrected chi connectivity index (χ3v) is 2.61. The fourth-order valence-corrected chi connectivity index (χ4v) is 1.83. The van der Waals surface area contributed by atoms with Crippen molar-refractivity contribution in [3.05, 3.63) is 10.4 Å². The molecule has 1 aliphatic heterocycles. The molecule has 0 spiro atoms. The van der Waals surface area contributed by atoms with Gasteiger partial charge in [-0.25, -0.2) is 4.79 Å². The Labute approximate surface area is 98.4 Å². The molecule has 8 nitrogen and oxygen atoms in total. The van der Waals surface area contributed by atoms with E-state index in [2.05, 4.69) is 10.0 Å². The quantitative estimate of drug-likeness (QED) is 0.299. The van der Waals surface area contributed by atoms with Crippen molar-refractivity contribution in [2.45, 2.75) is 24.4 Å². The monoisotopic (exact) mass is 245 g/mol. The average Bonchev–Trinajstić information content (AvgIpc) is 2.35. The molecule has 1 rings (SSSR count). The zero-order valence-corrected chi connectivity index (χ0v) is 9.90. The normalized spacial score (nSPS) is 32.8. The van der Waals surface area contributed by atoms with E-state index in [-0.39, 0.29) is 6.54 Å². The van der Waals surface area contributed by atoms with Crippen LogP contribution in [0.25, 0.3) is 10.4 Å². The standard InChI is InChI=1S/C9H15N3O5/c1-14-6-5(4-11-12-10)17-9(13)8(16-3)7(6)15-2/h5-8H,4H2,1-3H3/t5-,6+,7+,8-/m1/s1. The van der Waals surface area contributed by atoms with Gasteiger partial charge in [0, 0.05) is 26.2 Å². The Hall–Kier alpha value is -1.34. The molecule has 0 aromatic heterocycles. The van der Waals surface area contributed by atoms with Crippen LogP contribution >= 0.6 is 0 Å². The second-order valence-electron chi connectivity index (χ2n) is 3.45. The number of rotatable bonds is 5. The minimum absolute atomic E-state index is 0.00294. The van der Waals surface area contributed by atoms with Crippen LogP contribution < -0.4 is 0 Å². The molecule has 0 radical (unpaired) electrons. The minimum Gasteiger partial charge on any atom is -0.457 e. The van der Waals surface area contributed by atoms with Crippen LogP contribution in [0.5, 0.6) is 0 Å². The van der Waals surface area contributed by atoms with Gasteiger partial charge in [0.05, 0.1) is 6.54 Å². The molecular formula is C9H15N3O5. The molecular weight excluding hydrogens is 230 g/mol. The zero-order valence-electron chi connectivity index (χ0n) is 9.90. The first kappa shape index (κ1) is 13.7. The van der Waals surface area contributed by atoms with Crippen LogP contribution in [-0.4, -0.2) is 58.3 Å². The summed E-state index contributed by atoms with van der Waals surface area (Å²) < 4.78 is 20.5. The number of carbonyl (C=O) groups is 1.